The predicted octanol–water partition coefficient (Wildman–Crippen LogP) is 2.61. The number of halogens is 1. The van der Waals surface area contributed by atoms with Crippen LogP contribution in [0.25, 0.3) is 11.3 Å². The molecule has 0 fully saturated rings. The van der Waals surface area contributed by atoms with Crippen LogP contribution in [0.5, 0.6) is 11.5 Å². The van der Waals surface area contributed by atoms with Crippen LogP contribution in [0.15, 0.2) is 57.9 Å². The lowest BCUT2D eigenvalue weighted by molar-refractivity contribution is -0.116. The lowest BCUT2D eigenvalue weighted by atomic mass is 10.2. The summed E-state index contributed by atoms with van der Waals surface area (Å²) in [5.41, 5.74) is 1.06. The summed E-state index contributed by atoms with van der Waals surface area (Å²) in [4.78, 5) is 24.1. The van der Waals surface area contributed by atoms with Gasteiger partial charge in [0.05, 0.1) is 6.20 Å². The van der Waals surface area contributed by atoms with Crippen LogP contribution in [-0.4, -0.2) is 17.3 Å². The number of carbonyl (C=O) groups is 1. The highest BCUT2D eigenvalue weighted by molar-refractivity contribution is 5.91. The van der Waals surface area contributed by atoms with Crippen molar-refractivity contribution in [2.45, 2.75) is 6.54 Å². The number of nitrogens with one attached hydrogen (secondary N) is 1. The molecule has 132 valence electrons. The van der Waals surface area contributed by atoms with Gasteiger partial charge < -0.3 is 19.2 Å². The minimum Gasteiger partial charge on any atom is -0.454 e. The third-order valence-corrected chi connectivity index (χ3v) is 3.80. The van der Waals surface area contributed by atoms with Gasteiger partial charge in [0.2, 0.25) is 12.7 Å². The first-order chi connectivity index (χ1) is 12.6. The van der Waals surface area contributed by atoms with Gasteiger partial charge in [-0.05, 0) is 36.4 Å². The van der Waals surface area contributed by atoms with Crippen molar-refractivity contribution in [3.05, 3.63) is 65.0 Å². The Balaban J connectivity index is 1.48. The Hall–Kier alpha value is -3.55. The molecule has 1 aliphatic rings. The molecule has 0 atom stereocenters. The van der Waals surface area contributed by atoms with Gasteiger partial charge in [-0.1, -0.05) is 0 Å². The first-order valence-corrected chi connectivity index (χ1v) is 7.74. The van der Waals surface area contributed by atoms with E-state index in [0.717, 1.165) is 4.57 Å². The molecule has 0 aliphatic carbocycles. The Morgan fingerprint density at radius 2 is 1.88 bits per heavy atom. The van der Waals surface area contributed by atoms with Crippen LogP contribution < -0.4 is 20.5 Å². The molecule has 2 heterocycles. The lowest BCUT2D eigenvalue weighted by Gasteiger charge is -2.06. The van der Waals surface area contributed by atoms with Crippen molar-refractivity contribution in [3.63, 3.8) is 0 Å². The van der Waals surface area contributed by atoms with Crippen LogP contribution in [0.2, 0.25) is 0 Å². The molecule has 2 aromatic carbocycles. The Labute approximate surface area is 146 Å². The Bertz CT molecular complexity index is 1020. The predicted molar refractivity (Wildman–Crippen MR) is 89.6 cm³/mol. The van der Waals surface area contributed by atoms with Gasteiger partial charge in [-0.25, -0.2) is 9.18 Å². The number of rotatable bonds is 4. The molecule has 1 amide bonds. The summed E-state index contributed by atoms with van der Waals surface area (Å²) >= 11 is 0. The highest BCUT2D eigenvalue weighted by Gasteiger charge is 2.15. The maximum Gasteiger partial charge on any atom is 0.419 e. The molecule has 8 heteroatoms. The van der Waals surface area contributed by atoms with E-state index in [1.165, 1.54) is 30.5 Å². The molecule has 0 saturated carbocycles. The SMILES string of the molecule is O=C(Cn1cc(-c2ccc(F)cc2)oc1=O)Nc1ccc2c(c1)OCO2. The van der Waals surface area contributed by atoms with E-state index in [1.807, 2.05) is 0 Å². The number of anilines is 1. The van der Waals surface area contributed by atoms with Gasteiger partial charge in [-0.2, -0.15) is 0 Å². The summed E-state index contributed by atoms with van der Waals surface area (Å²) in [6, 6.07) is 10.5. The molecular weight excluding hydrogens is 343 g/mol. The summed E-state index contributed by atoms with van der Waals surface area (Å²) in [5.74, 6) is -0.0630. The van der Waals surface area contributed by atoms with Crippen LogP contribution >= 0.6 is 0 Å². The number of aromatic nitrogens is 1. The van der Waals surface area contributed by atoms with Crippen LogP contribution in [0.3, 0.4) is 0 Å². The Morgan fingerprint density at radius 3 is 2.69 bits per heavy atom. The molecule has 0 bridgehead atoms. The number of amides is 1. The quantitative estimate of drug-likeness (QED) is 0.777. The summed E-state index contributed by atoms with van der Waals surface area (Å²) in [5, 5.41) is 2.68. The molecular formula is C18H13FN2O5. The second-order valence-corrected chi connectivity index (χ2v) is 5.61. The van der Waals surface area contributed by atoms with Crippen molar-refractivity contribution in [1.29, 1.82) is 0 Å². The van der Waals surface area contributed by atoms with E-state index >= 15 is 0 Å². The number of fused-ring (bicyclic) bond motifs is 1. The van der Waals surface area contributed by atoms with E-state index < -0.39 is 17.5 Å². The minimum absolute atomic E-state index is 0.142. The van der Waals surface area contributed by atoms with Crippen molar-refractivity contribution in [3.8, 4) is 22.8 Å². The summed E-state index contributed by atoms with van der Waals surface area (Å²) < 4.78 is 29.7. The average molecular weight is 356 g/mol. The molecule has 0 radical (unpaired) electrons. The largest absolute Gasteiger partial charge is 0.454 e. The summed E-state index contributed by atoms with van der Waals surface area (Å²) in [6.45, 7) is -0.0821. The van der Waals surface area contributed by atoms with E-state index in [4.69, 9.17) is 13.9 Å². The fourth-order valence-corrected chi connectivity index (χ4v) is 2.56. The van der Waals surface area contributed by atoms with E-state index in [9.17, 15) is 14.0 Å². The van der Waals surface area contributed by atoms with Crippen molar-refractivity contribution < 1.29 is 23.1 Å². The van der Waals surface area contributed by atoms with Crippen molar-refractivity contribution in [1.82, 2.24) is 4.57 Å². The average Bonchev–Trinajstić information content (AvgIpc) is 3.22. The number of ether oxygens (including phenoxy) is 2. The van der Waals surface area contributed by atoms with Gasteiger partial charge in [-0.15, -0.1) is 0 Å². The van der Waals surface area contributed by atoms with Crippen molar-refractivity contribution >= 4 is 11.6 Å². The second-order valence-electron chi connectivity index (χ2n) is 5.61. The fraction of sp³-hybridized carbons (Fsp3) is 0.111. The molecule has 26 heavy (non-hydrogen) atoms. The van der Waals surface area contributed by atoms with Gasteiger partial charge in [0.1, 0.15) is 12.4 Å². The van der Waals surface area contributed by atoms with Gasteiger partial charge in [0, 0.05) is 17.3 Å². The summed E-state index contributed by atoms with van der Waals surface area (Å²) in [6.07, 6.45) is 1.41. The van der Waals surface area contributed by atoms with Crippen LogP contribution in [0.4, 0.5) is 10.1 Å². The standard InChI is InChI=1S/C18H13FN2O5/c19-12-3-1-11(2-4-12)16-8-21(18(23)26-16)9-17(22)20-13-5-6-14-15(7-13)25-10-24-14/h1-8H,9-10H2,(H,20,22). The first kappa shape index (κ1) is 15.9. The van der Waals surface area contributed by atoms with Crippen molar-refractivity contribution in [2.75, 3.05) is 12.1 Å². The second kappa shape index (κ2) is 6.40. The van der Waals surface area contributed by atoms with Gasteiger partial charge in [-0.3, -0.25) is 9.36 Å². The van der Waals surface area contributed by atoms with E-state index in [1.54, 1.807) is 18.2 Å². The molecule has 7 nitrogen and oxygen atoms in total. The molecule has 1 aliphatic heterocycles. The van der Waals surface area contributed by atoms with Gasteiger partial charge in [0.25, 0.3) is 0 Å². The third kappa shape index (κ3) is 3.16. The third-order valence-electron chi connectivity index (χ3n) is 3.80. The summed E-state index contributed by atoms with van der Waals surface area (Å²) in [7, 11) is 0. The van der Waals surface area contributed by atoms with E-state index in [2.05, 4.69) is 5.32 Å². The smallest absolute Gasteiger partial charge is 0.419 e. The number of oxazole rings is 1. The molecule has 1 aromatic heterocycles. The highest BCUT2D eigenvalue weighted by Crippen LogP contribution is 2.34. The number of nitrogens with zero attached hydrogens (tertiary/aromatic N) is 1. The molecule has 0 unspecified atom stereocenters. The van der Waals surface area contributed by atoms with E-state index in [-0.39, 0.29) is 19.1 Å². The normalized spacial score (nSPS) is 12.2. The minimum atomic E-state index is -0.676. The molecule has 0 saturated heterocycles. The lowest BCUT2D eigenvalue weighted by Crippen LogP contribution is -2.24. The molecule has 4 rings (SSSR count). The highest BCUT2D eigenvalue weighted by atomic mass is 19.1. The Kier molecular flexibility index (Phi) is 3.92. The number of carbonyl (C=O) groups excluding carboxylic acids is 1. The molecule has 1 N–H and O–H groups in total. The molecule has 0 spiro atoms. The maximum absolute atomic E-state index is 13.0. The van der Waals surface area contributed by atoms with Crippen LogP contribution in [0.1, 0.15) is 0 Å². The zero-order chi connectivity index (χ0) is 18.1. The number of hydrogen-bond donors (Lipinski definition) is 1. The Morgan fingerprint density at radius 1 is 1.12 bits per heavy atom. The monoisotopic (exact) mass is 356 g/mol. The van der Waals surface area contributed by atoms with Gasteiger partial charge in [0.15, 0.2) is 17.3 Å². The first-order valence-electron chi connectivity index (χ1n) is 7.74. The number of benzene rings is 2. The van der Waals surface area contributed by atoms with Crippen molar-refractivity contribution in [2.24, 2.45) is 0 Å². The zero-order valence-electron chi connectivity index (χ0n) is 13.4. The molecule has 3 aromatic rings. The maximum atomic E-state index is 13.0. The number of hydrogen-bond acceptors (Lipinski definition) is 5. The fourth-order valence-electron chi connectivity index (χ4n) is 2.56. The zero-order valence-corrected chi connectivity index (χ0v) is 13.4. The van der Waals surface area contributed by atoms with Gasteiger partial charge >= 0.3 is 5.76 Å². The van der Waals surface area contributed by atoms with Crippen LogP contribution in [0, 0.1) is 5.82 Å². The van der Waals surface area contributed by atoms with Crippen LogP contribution in [-0.2, 0) is 11.3 Å². The topological polar surface area (TPSA) is 82.7 Å². The van der Waals surface area contributed by atoms with E-state index in [0.29, 0.717) is 22.7 Å².